The van der Waals surface area contributed by atoms with Crippen LogP contribution in [-0.4, -0.2) is 48.7 Å². The second-order valence-corrected chi connectivity index (χ2v) is 5.06. The summed E-state index contributed by atoms with van der Waals surface area (Å²) < 4.78 is 14.5. The summed E-state index contributed by atoms with van der Waals surface area (Å²) >= 11 is 0. The fraction of sp³-hybridized carbons (Fsp3) is 0.917. The molecule has 17 heavy (non-hydrogen) atoms. The Labute approximate surface area is 104 Å². The van der Waals surface area contributed by atoms with Gasteiger partial charge in [0.05, 0.1) is 5.54 Å². The van der Waals surface area contributed by atoms with Crippen molar-refractivity contribution >= 4 is 5.91 Å². The number of nitrogens with zero attached hydrogens (tertiary/aromatic N) is 1. The van der Waals surface area contributed by atoms with E-state index >= 15 is 0 Å². The number of hydrogen-bond donors (Lipinski definition) is 2. The summed E-state index contributed by atoms with van der Waals surface area (Å²) in [6, 6.07) is 0. The molecule has 0 aromatic carbocycles. The number of carbonyl (C=O) groups excluding carboxylic acids is 1. The molecule has 0 radical (unpaired) electrons. The largest absolute Gasteiger partial charge is 0.368 e. The van der Waals surface area contributed by atoms with Gasteiger partial charge in [-0.05, 0) is 33.9 Å². The Morgan fingerprint density at radius 2 is 1.94 bits per heavy atom. The molecule has 0 aromatic heterocycles. The van der Waals surface area contributed by atoms with E-state index in [-0.39, 0.29) is 6.54 Å². The average molecular weight is 247 g/mol. The van der Waals surface area contributed by atoms with Gasteiger partial charge in [0, 0.05) is 13.1 Å². The lowest BCUT2D eigenvalue weighted by molar-refractivity contribution is -0.128. The van der Waals surface area contributed by atoms with Crippen LogP contribution in [0, 0.1) is 0 Å². The lowest BCUT2D eigenvalue weighted by Crippen LogP contribution is -2.56. The molecule has 1 atom stereocenters. The SMILES string of the molecule is CCNCC(F)(CC)CN(C)C(C)(C)C(N)=O. The molecule has 0 aliphatic rings. The first-order chi connectivity index (χ1) is 7.69. The molecule has 0 fully saturated rings. The number of halogens is 1. The normalized spacial score (nSPS) is 15.9. The van der Waals surface area contributed by atoms with E-state index in [9.17, 15) is 9.18 Å². The third-order valence-corrected chi connectivity index (χ3v) is 3.40. The Kier molecular flexibility index (Phi) is 6.05. The van der Waals surface area contributed by atoms with Gasteiger partial charge in [0.15, 0.2) is 0 Å². The molecule has 0 aromatic rings. The smallest absolute Gasteiger partial charge is 0.237 e. The molecule has 0 rings (SSSR count). The molecule has 3 N–H and O–H groups in total. The third kappa shape index (κ3) is 4.60. The zero-order chi connectivity index (χ0) is 13.7. The summed E-state index contributed by atoms with van der Waals surface area (Å²) in [5.41, 5.74) is 3.14. The molecular weight excluding hydrogens is 221 g/mol. The molecule has 0 spiro atoms. The molecule has 0 heterocycles. The molecule has 1 amide bonds. The van der Waals surface area contributed by atoms with E-state index in [0.717, 1.165) is 6.54 Å². The zero-order valence-electron chi connectivity index (χ0n) is 11.6. The van der Waals surface area contributed by atoms with E-state index < -0.39 is 17.1 Å². The summed E-state index contributed by atoms with van der Waals surface area (Å²) in [5.74, 6) is -0.443. The topological polar surface area (TPSA) is 58.4 Å². The van der Waals surface area contributed by atoms with Gasteiger partial charge in [-0.2, -0.15) is 0 Å². The van der Waals surface area contributed by atoms with Crippen molar-refractivity contribution in [3.63, 3.8) is 0 Å². The van der Waals surface area contributed by atoms with Crippen LogP contribution in [0.15, 0.2) is 0 Å². The second kappa shape index (κ2) is 6.31. The lowest BCUT2D eigenvalue weighted by Gasteiger charge is -2.37. The summed E-state index contributed by atoms with van der Waals surface area (Å²) in [4.78, 5) is 13.0. The van der Waals surface area contributed by atoms with E-state index in [1.807, 2.05) is 13.8 Å². The van der Waals surface area contributed by atoms with Gasteiger partial charge in [0.25, 0.3) is 0 Å². The Hall–Kier alpha value is -0.680. The number of hydrogen-bond acceptors (Lipinski definition) is 3. The van der Waals surface area contributed by atoms with Crippen LogP contribution in [0.3, 0.4) is 0 Å². The predicted octanol–water partition coefficient (Wildman–Crippen LogP) is 0.910. The molecule has 5 heteroatoms. The molecule has 0 saturated heterocycles. The van der Waals surface area contributed by atoms with E-state index in [4.69, 9.17) is 5.73 Å². The van der Waals surface area contributed by atoms with Gasteiger partial charge in [0.1, 0.15) is 5.67 Å². The fourth-order valence-corrected chi connectivity index (χ4v) is 1.45. The lowest BCUT2D eigenvalue weighted by atomic mass is 9.97. The van der Waals surface area contributed by atoms with Gasteiger partial charge in [-0.15, -0.1) is 0 Å². The standard InChI is InChI=1S/C12H26FN3O/c1-6-12(13,8-15-7-2)9-16(5)11(3,4)10(14)17/h15H,6-9H2,1-5H3,(H2,14,17). The van der Waals surface area contributed by atoms with E-state index in [1.165, 1.54) is 0 Å². The van der Waals surface area contributed by atoms with E-state index in [0.29, 0.717) is 13.0 Å². The number of primary amides is 1. The van der Waals surface area contributed by atoms with Gasteiger partial charge >= 0.3 is 0 Å². The van der Waals surface area contributed by atoms with Crippen LogP contribution >= 0.6 is 0 Å². The number of rotatable bonds is 8. The van der Waals surface area contributed by atoms with Crippen LogP contribution in [0.1, 0.15) is 34.1 Å². The zero-order valence-corrected chi connectivity index (χ0v) is 11.6. The highest BCUT2D eigenvalue weighted by Gasteiger charge is 2.36. The maximum atomic E-state index is 14.5. The quantitative estimate of drug-likeness (QED) is 0.670. The number of likely N-dealkylation sites (N-methyl/N-ethyl adjacent to an activating group) is 1. The van der Waals surface area contributed by atoms with Crippen molar-refractivity contribution in [1.29, 1.82) is 0 Å². The summed E-state index contributed by atoms with van der Waals surface area (Å²) in [7, 11) is 1.72. The Morgan fingerprint density at radius 1 is 1.41 bits per heavy atom. The van der Waals surface area contributed by atoms with E-state index in [2.05, 4.69) is 5.32 Å². The van der Waals surface area contributed by atoms with Gasteiger partial charge < -0.3 is 11.1 Å². The van der Waals surface area contributed by atoms with Gasteiger partial charge in [-0.1, -0.05) is 13.8 Å². The molecular formula is C12H26FN3O. The monoisotopic (exact) mass is 247 g/mol. The minimum Gasteiger partial charge on any atom is -0.368 e. The Morgan fingerprint density at radius 3 is 2.29 bits per heavy atom. The number of nitrogens with one attached hydrogen (secondary N) is 1. The van der Waals surface area contributed by atoms with Crippen LogP contribution in [0.25, 0.3) is 0 Å². The van der Waals surface area contributed by atoms with Crippen molar-refractivity contribution in [3.05, 3.63) is 0 Å². The fourth-order valence-electron chi connectivity index (χ4n) is 1.45. The molecule has 0 aliphatic heterocycles. The van der Waals surface area contributed by atoms with Crippen molar-refractivity contribution in [3.8, 4) is 0 Å². The summed E-state index contributed by atoms with van der Waals surface area (Å²) in [5, 5.41) is 3.01. The van der Waals surface area contributed by atoms with Gasteiger partial charge in [-0.25, -0.2) is 4.39 Å². The molecule has 4 nitrogen and oxygen atoms in total. The summed E-state index contributed by atoms with van der Waals surface area (Å²) in [6.45, 7) is 8.37. The maximum Gasteiger partial charge on any atom is 0.237 e. The number of amides is 1. The first-order valence-corrected chi connectivity index (χ1v) is 6.10. The van der Waals surface area contributed by atoms with Crippen molar-refractivity contribution in [1.82, 2.24) is 10.2 Å². The van der Waals surface area contributed by atoms with Gasteiger partial charge in [0.2, 0.25) is 5.91 Å². The van der Waals surface area contributed by atoms with Crippen LogP contribution in [0.2, 0.25) is 0 Å². The third-order valence-electron chi connectivity index (χ3n) is 3.40. The Balaban J connectivity index is 4.61. The predicted molar refractivity (Wildman–Crippen MR) is 68.6 cm³/mol. The number of carbonyl (C=O) groups is 1. The average Bonchev–Trinajstić information content (AvgIpc) is 2.26. The first-order valence-electron chi connectivity index (χ1n) is 6.10. The highest BCUT2D eigenvalue weighted by atomic mass is 19.1. The van der Waals surface area contributed by atoms with Crippen molar-refractivity contribution in [2.45, 2.75) is 45.3 Å². The minimum absolute atomic E-state index is 0.187. The molecule has 0 saturated carbocycles. The van der Waals surface area contributed by atoms with Crippen molar-refractivity contribution in [2.24, 2.45) is 5.73 Å². The summed E-state index contributed by atoms with van der Waals surface area (Å²) in [6.07, 6.45) is 0.402. The number of alkyl halides is 1. The highest BCUT2D eigenvalue weighted by molar-refractivity contribution is 5.83. The van der Waals surface area contributed by atoms with Gasteiger partial charge in [-0.3, -0.25) is 9.69 Å². The van der Waals surface area contributed by atoms with Crippen molar-refractivity contribution in [2.75, 3.05) is 26.7 Å². The second-order valence-electron chi connectivity index (χ2n) is 5.06. The van der Waals surface area contributed by atoms with E-state index in [1.54, 1.807) is 25.8 Å². The van der Waals surface area contributed by atoms with Crippen LogP contribution in [0.5, 0.6) is 0 Å². The molecule has 1 unspecified atom stereocenters. The van der Waals surface area contributed by atoms with Crippen LogP contribution in [-0.2, 0) is 4.79 Å². The maximum absolute atomic E-state index is 14.5. The molecule has 102 valence electrons. The number of nitrogens with two attached hydrogens (primary N) is 1. The Bertz CT molecular complexity index is 258. The van der Waals surface area contributed by atoms with Crippen LogP contribution in [0.4, 0.5) is 4.39 Å². The molecule has 0 bridgehead atoms. The molecule has 0 aliphatic carbocycles. The van der Waals surface area contributed by atoms with Crippen molar-refractivity contribution < 1.29 is 9.18 Å². The highest BCUT2D eigenvalue weighted by Crippen LogP contribution is 2.21. The van der Waals surface area contributed by atoms with Crippen LogP contribution < -0.4 is 11.1 Å². The minimum atomic E-state index is -1.34. The first kappa shape index (κ1) is 16.3.